The fraction of sp³-hybridized carbons (Fsp3) is 0.474. The van der Waals surface area contributed by atoms with Crippen molar-refractivity contribution < 1.29 is 9.66 Å². The average Bonchev–Trinajstić information content (AvgIpc) is 2.69. The molecule has 1 fully saturated rings. The van der Waals surface area contributed by atoms with Gasteiger partial charge in [0.15, 0.2) is 0 Å². The molecule has 1 aromatic heterocycles. The Labute approximate surface area is 158 Å². The molecule has 0 amide bonds. The van der Waals surface area contributed by atoms with Crippen LogP contribution in [0.3, 0.4) is 0 Å². The van der Waals surface area contributed by atoms with Gasteiger partial charge in [-0.2, -0.15) is 4.98 Å². The van der Waals surface area contributed by atoms with Crippen molar-refractivity contribution in [3.05, 3.63) is 52.2 Å². The van der Waals surface area contributed by atoms with Crippen LogP contribution < -0.4 is 9.64 Å². The summed E-state index contributed by atoms with van der Waals surface area (Å²) in [7, 11) is 2.04. The van der Waals surface area contributed by atoms with Crippen molar-refractivity contribution in [2.75, 3.05) is 31.6 Å². The molecule has 1 saturated heterocycles. The Balaban J connectivity index is 1.59. The van der Waals surface area contributed by atoms with Crippen LogP contribution in [0.25, 0.3) is 0 Å². The molecule has 0 radical (unpaired) electrons. The second-order valence-corrected chi connectivity index (χ2v) is 6.65. The Bertz CT molecular complexity index is 777. The first-order chi connectivity index (χ1) is 13.1. The Morgan fingerprint density at radius 2 is 2.04 bits per heavy atom. The third kappa shape index (κ3) is 4.71. The molecule has 8 nitrogen and oxygen atoms in total. The van der Waals surface area contributed by atoms with Crippen molar-refractivity contribution in [2.45, 2.75) is 32.4 Å². The molecule has 0 spiro atoms. The highest BCUT2D eigenvalue weighted by molar-refractivity contribution is 5.40. The second kappa shape index (κ2) is 8.77. The number of nitro benzene ring substituents is 1. The normalized spacial score (nSPS) is 15.1. The van der Waals surface area contributed by atoms with Gasteiger partial charge in [0.05, 0.1) is 11.5 Å². The predicted octanol–water partition coefficient (Wildman–Crippen LogP) is 2.88. The van der Waals surface area contributed by atoms with E-state index in [2.05, 4.69) is 19.8 Å². The van der Waals surface area contributed by atoms with E-state index in [1.807, 2.05) is 32.2 Å². The summed E-state index contributed by atoms with van der Waals surface area (Å²) in [5.74, 6) is 0.883. The summed E-state index contributed by atoms with van der Waals surface area (Å²) in [5, 5.41) is 11.2. The van der Waals surface area contributed by atoms with Crippen LogP contribution in [0.1, 0.15) is 25.3 Å². The van der Waals surface area contributed by atoms with Gasteiger partial charge in [0.2, 0.25) is 0 Å². The highest BCUT2D eigenvalue weighted by atomic mass is 16.6. The van der Waals surface area contributed by atoms with Crippen LogP contribution in [0.2, 0.25) is 0 Å². The Hall–Kier alpha value is -2.74. The Morgan fingerprint density at radius 1 is 1.30 bits per heavy atom. The SMILES string of the molecule is CCOc1nccc(N2CCC(N(C)Cc3ccccc3[N+](=O)[O-])CC2)n1. The number of rotatable bonds is 7. The zero-order valence-corrected chi connectivity index (χ0v) is 15.7. The maximum atomic E-state index is 11.2. The molecule has 1 aliphatic heterocycles. The van der Waals surface area contributed by atoms with Crippen LogP contribution in [0, 0.1) is 10.1 Å². The first-order valence-corrected chi connectivity index (χ1v) is 9.21. The highest BCUT2D eigenvalue weighted by Crippen LogP contribution is 2.25. The number of hydrogen-bond donors (Lipinski definition) is 0. The molecule has 0 atom stereocenters. The molecule has 2 aromatic rings. The number of ether oxygens (including phenoxy) is 1. The molecular weight excluding hydrogens is 346 g/mol. The van der Waals surface area contributed by atoms with E-state index in [1.54, 1.807) is 18.3 Å². The summed E-state index contributed by atoms with van der Waals surface area (Å²) < 4.78 is 5.38. The summed E-state index contributed by atoms with van der Waals surface area (Å²) in [6.07, 6.45) is 3.68. The lowest BCUT2D eigenvalue weighted by Crippen LogP contribution is -2.43. The fourth-order valence-corrected chi connectivity index (χ4v) is 3.46. The van der Waals surface area contributed by atoms with Gasteiger partial charge in [-0.05, 0) is 32.9 Å². The third-order valence-corrected chi connectivity index (χ3v) is 4.91. The first-order valence-electron chi connectivity index (χ1n) is 9.21. The van der Waals surface area contributed by atoms with Gasteiger partial charge in [0.25, 0.3) is 5.69 Å². The Morgan fingerprint density at radius 3 is 2.74 bits per heavy atom. The summed E-state index contributed by atoms with van der Waals surface area (Å²) in [4.78, 5) is 23.9. The van der Waals surface area contributed by atoms with E-state index < -0.39 is 0 Å². The lowest BCUT2D eigenvalue weighted by Gasteiger charge is -2.37. The van der Waals surface area contributed by atoms with Crippen molar-refractivity contribution in [3.8, 4) is 6.01 Å². The number of para-hydroxylation sites is 1. The Kier molecular flexibility index (Phi) is 6.18. The monoisotopic (exact) mass is 371 g/mol. The highest BCUT2D eigenvalue weighted by Gasteiger charge is 2.25. The standard InChI is InChI=1S/C19H25N5O3/c1-3-27-19-20-11-8-18(21-19)23-12-9-16(10-13-23)22(2)14-15-6-4-5-7-17(15)24(25)26/h4-8,11,16H,3,9-10,12-14H2,1-2H3. The van der Waals surface area contributed by atoms with Crippen LogP contribution in [-0.2, 0) is 6.54 Å². The molecule has 2 heterocycles. The number of anilines is 1. The summed E-state index contributed by atoms with van der Waals surface area (Å²) in [6, 6.07) is 9.65. The number of nitro groups is 1. The second-order valence-electron chi connectivity index (χ2n) is 6.65. The van der Waals surface area contributed by atoms with Crippen molar-refractivity contribution in [3.63, 3.8) is 0 Å². The molecule has 0 saturated carbocycles. The van der Waals surface area contributed by atoms with Crippen molar-refractivity contribution in [1.29, 1.82) is 0 Å². The number of aromatic nitrogens is 2. The molecule has 27 heavy (non-hydrogen) atoms. The molecule has 3 rings (SSSR count). The number of benzene rings is 1. The maximum Gasteiger partial charge on any atom is 0.318 e. The molecule has 0 N–H and O–H groups in total. The minimum absolute atomic E-state index is 0.186. The van der Waals surface area contributed by atoms with Crippen molar-refractivity contribution >= 4 is 11.5 Å². The third-order valence-electron chi connectivity index (χ3n) is 4.91. The van der Waals surface area contributed by atoms with E-state index in [-0.39, 0.29) is 10.6 Å². The van der Waals surface area contributed by atoms with Gasteiger partial charge in [-0.3, -0.25) is 15.0 Å². The summed E-state index contributed by atoms with van der Waals surface area (Å²) >= 11 is 0. The van der Waals surface area contributed by atoms with E-state index in [0.717, 1.165) is 37.3 Å². The topological polar surface area (TPSA) is 84.6 Å². The fourth-order valence-electron chi connectivity index (χ4n) is 3.46. The number of hydrogen-bond acceptors (Lipinski definition) is 7. The van der Waals surface area contributed by atoms with Crippen LogP contribution in [-0.4, -0.2) is 52.6 Å². The lowest BCUT2D eigenvalue weighted by atomic mass is 10.0. The van der Waals surface area contributed by atoms with Crippen LogP contribution in [0.15, 0.2) is 36.5 Å². The van der Waals surface area contributed by atoms with Gasteiger partial charge in [-0.25, -0.2) is 4.98 Å². The molecule has 144 valence electrons. The van der Waals surface area contributed by atoms with Crippen LogP contribution in [0.5, 0.6) is 6.01 Å². The summed E-state index contributed by atoms with van der Waals surface area (Å²) in [5.41, 5.74) is 0.941. The number of nitrogens with zero attached hydrogens (tertiary/aromatic N) is 5. The van der Waals surface area contributed by atoms with E-state index >= 15 is 0 Å². The van der Waals surface area contributed by atoms with Gasteiger partial charge >= 0.3 is 6.01 Å². The zero-order chi connectivity index (χ0) is 19.2. The quantitative estimate of drug-likeness (QED) is 0.546. The van der Waals surface area contributed by atoms with Crippen molar-refractivity contribution in [1.82, 2.24) is 14.9 Å². The molecule has 0 aliphatic carbocycles. The smallest absolute Gasteiger partial charge is 0.318 e. The van der Waals surface area contributed by atoms with Gasteiger partial charge in [-0.1, -0.05) is 18.2 Å². The van der Waals surface area contributed by atoms with Gasteiger partial charge in [-0.15, -0.1) is 0 Å². The minimum Gasteiger partial charge on any atom is -0.464 e. The van der Waals surface area contributed by atoms with Crippen LogP contribution in [0.4, 0.5) is 11.5 Å². The van der Waals surface area contributed by atoms with Crippen LogP contribution >= 0.6 is 0 Å². The summed E-state index contributed by atoms with van der Waals surface area (Å²) in [6.45, 7) is 4.79. The minimum atomic E-state index is -0.309. The van der Waals surface area contributed by atoms with Gasteiger partial charge in [0.1, 0.15) is 5.82 Å². The molecule has 1 aromatic carbocycles. The maximum absolute atomic E-state index is 11.2. The average molecular weight is 371 g/mol. The van der Waals surface area contributed by atoms with Gasteiger partial charge < -0.3 is 9.64 Å². The van der Waals surface area contributed by atoms with E-state index in [9.17, 15) is 10.1 Å². The van der Waals surface area contributed by atoms with Crippen molar-refractivity contribution in [2.24, 2.45) is 0 Å². The van der Waals surface area contributed by atoms with E-state index in [1.165, 1.54) is 0 Å². The molecule has 0 bridgehead atoms. The van der Waals surface area contributed by atoms with E-state index in [4.69, 9.17) is 4.74 Å². The number of piperidine rings is 1. The first kappa shape index (κ1) is 19.0. The molecule has 0 unspecified atom stereocenters. The van der Waals surface area contributed by atoms with E-state index in [0.29, 0.717) is 25.2 Å². The lowest BCUT2D eigenvalue weighted by molar-refractivity contribution is -0.385. The largest absolute Gasteiger partial charge is 0.464 e. The molecule has 8 heteroatoms. The van der Waals surface area contributed by atoms with Gasteiger partial charge in [0, 0.05) is 43.5 Å². The molecule has 1 aliphatic rings. The zero-order valence-electron chi connectivity index (χ0n) is 15.7. The predicted molar refractivity (Wildman–Crippen MR) is 103 cm³/mol. The molecular formula is C19H25N5O3.